The maximum atomic E-state index is 13.2. The summed E-state index contributed by atoms with van der Waals surface area (Å²) in [4.78, 5) is 30.2. The molecule has 3 heterocycles. The predicted octanol–water partition coefficient (Wildman–Crippen LogP) is 4.57. The van der Waals surface area contributed by atoms with Crippen LogP contribution in [0.1, 0.15) is 18.5 Å². The van der Waals surface area contributed by atoms with Crippen LogP contribution < -0.4 is 5.32 Å². The zero-order chi connectivity index (χ0) is 22.8. The molecule has 1 saturated heterocycles. The van der Waals surface area contributed by atoms with E-state index in [0.717, 1.165) is 10.4 Å². The minimum atomic E-state index is -0.506. The molecule has 0 spiro atoms. The van der Waals surface area contributed by atoms with Crippen molar-refractivity contribution in [3.05, 3.63) is 51.1 Å². The van der Waals surface area contributed by atoms with Gasteiger partial charge in [0.25, 0.3) is 0 Å². The first-order chi connectivity index (χ1) is 15.3. The number of nitrogens with zero attached hydrogens (tertiary/aromatic N) is 4. The van der Waals surface area contributed by atoms with E-state index in [9.17, 15) is 9.59 Å². The van der Waals surface area contributed by atoms with Crippen LogP contribution in [0.15, 0.2) is 35.7 Å². The monoisotopic (exact) mass is 490 g/mol. The number of hydrogen-bond donors (Lipinski definition) is 2. The Hall–Kier alpha value is -2.69. The van der Waals surface area contributed by atoms with E-state index >= 15 is 0 Å². The van der Waals surface area contributed by atoms with Gasteiger partial charge in [-0.1, -0.05) is 23.7 Å². The number of halogens is 1. The number of rotatable bonds is 4. The molecule has 0 saturated carbocycles. The van der Waals surface area contributed by atoms with Crippen LogP contribution in [0.4, 0.5) is 10.5 Å². The van der Waals surface area contributed by atoms with E-state index in [0.29, 0.717) is 47.5 Å². The second-order valence-electron chi connectivity index (χ2n) is 7.58. The van der Waals surface area contributed by atoms with Crippen LogP contribution in [0.5, 0.6) is 0 Å². The van der Waals surface area contributed by atoms with Gasteiger partial charge < -0.3 is 15.1 Å². The lowest BCUT2D eigenvalue weighted by Crippen LogP contribution is -2.52. The quantitative estimate of drug-likeness (QED) is 0.524. The maximum Gasteiger partial charge on any atom is 0.321 e. The van der Waals surface area contributed by atoms with Crippen LogP contribution in [0.25, 0.3) is 10.7 Å². The van der Waals surface area contributed by atoms with Crippen molar-refractivity contribution in [1.82, 2.24) is 24.6 Å². The molecule has 0 radical (unpaired) electrons. The number of aromatic nitrogens is 3. The summed E-state index contributed by atoms with van der Waals surface area (Å²) in [7, 11) is 0. The number of aromatic amines is 1. The van der Waals surface area contributed by atoms with Gasteiger partial charge in [0.05, 0.1) is 4.88 Å². The number of carbonyl (C=O) groups excluding carboxylic acids is 2. The first kappa shape index (κ1) is 22.5. The van der Waals surface area contributed by atoms with Gasteiger partial charge in [0.1, 0.15) is 6.04 Å². The number of H-pyrrole nitrogens is 1. The normalized spacial score (nSPS) is 15.0. The Bertz CT molecular complexity index is 1180. The first-order valence-corrected chi connectivity index (χ1v) is 11.8. The van der Waals surface area contributed by atoms with Gasteiger partial charge in [-0.3, -0.25) is 14.5 Å². The molecule has 1 unspecified atom stereocenters. The number of aryl methyl sites for hydroxylation is 1. The molecular weight excluding hydrogens is 468 g/mol. The second kappa shape index (κ2) is 9.43. The molecule has 2 N–H and O–H groups in total. The molecular formula is C21H23ClN6O2S2. The van der Waals surface area contributed by atoms with Crippen molar-refractivity contribution in [3.63, 3.8) is 0 Å². The molecule has 2 aromatic heterocycles. The van der Waals surface area contributed by atoms with E-state index in [1.165, 1.54) is 0 Å². The van der Waals surface area contributed by atoms with E-state index in [-0.39, 0.29) is 11.9 Å². The fraction of sp³-hybridized carbons (Fsp3) is 0.333. The standard InChI is InChI=1S/C21H23ClN6O2S2/c1-13-5-6-15(12-16(13)22)23-20(30)27-9-7-26(8-10-27)19(29)14(2)28-18(24-25-21(28)31)17-4-3-11-32-17/h3-6,11-12,14H,7-10H2,1-2H3,(H,23,30)(H,25,31). The fourth-order valence-corrected chi connectivity index (χ4v) is 4.80. The topological polar surface area (TPSA) is 86.3 Å². The summed E-state index contributed by atoms with van der Waals surface area (Å²) in [5, 5.41) is 12.5. The summed E-state index contributed by atoms with van der Waals surface area (Å²) in [6, 6.07) is 8.58. The molecule has 1 aliphatic rings. The number of nitrogens with one attached hydrogen (secondary N) is 2. The van der Waals surface area contributed by atoms with E-state index < -0.39 is 6.04 Å². The molecule has 1 atom stereocenters. The van der Waals surface area contributed by atoms with Crippen molar-refractivity contribution >= 4 is 52.8 Å². The zero-order valence-corrected chi connectivity index (χ0v) is 20.1. The average Bonchev–Trinajstić information content (AvgIpc) is 3.45. The Morgan fingerprint density at radius 3 is 2.59 bits per heavy atom. The van der Waals surface area contributed by atoms with E-state index in [1.54, 1.807) is 31.8 Å². The number of thiophene rings is 1. The molecule has 3 amide bonds. The van der Waals surface area contributed by atoms with Gasteiger partial charge in [-0.25, -0.2) is 4.79 Å². The highest BCUT2D eigenvalue weighted by Gasteiger charge is 2.29. The molecule has 32 heavy (non-hydrogen) atoms. The molecule has 8 nitrogen and oxygen atoms in total. The van der Waals surface area contributed by atoms with Crippen LogP contribution >= 0.6 is 35.2 Å². The summed E-state index contributed by atoms with van der Waals surface area (Å²) < 4.78 is 2.16. The van der Waals surface area contributed by atoms with Gasteiger partial charge in [-0.05, 0) is 55.2 Å². The van der Waals surface area contributed by atoms with Crippen molar-refractivity contribution in [3.8, 4) is 10.7 Å². The molecule has 1 aromatic carbocycles. The predicted molar refractivity (Wildman–Crippen MR) is 129 cm³/mol. The molecule has 0 aliphatic carbocycles. The lowest BCUT2D eigenvalue weighted by atomic mass is 10.2. The lowest BCUT2D eigenvalue weighted by Gasteiger charge is -2.36. The minimum absolute atomic E-state index is 0.0503. The van der Waals surface area contributed by atoms with Gasteiger partial charge >= 0.3 is 6.03 Å². The largest absolute Gasteiger partial charge is 0.337 e. The van der Waals surface area contributed by atoms with Crippen LogP contribution in [0.3, 0.4) is 0 Å². The number of piperazine rings is 1. The molecule has 4 rings (SSSR count). The van der Waals surface area contributed by atoms with Crippen LogP contribution in [-0.2, 0) is 4.79 Å². The van der Waals surface area contributed by atoms with Gasteiger partial charge in [0.15, 0.2) is 10.6 Å². The minimum Gasteiger partial charge on any atom is -0.337 e. The highest BCUT2D eigenvalue weighted by Crippen LogP contribution is 2.26. The molecule has 1 aliphatic heterocycles. The number of amides is 3. The van der Waals surface area contributed by atoms with E-state index in [1.807, 2.05) is 43.5 Å². The third-order valence-corrected chi connectivity index (χ3v) is 7.05. The van der Waals surface area contributed by atoms with Gasteiger partial charge in [-0.2, -0.15) is 5.10 Å². The van der Waals surface area contributed by atoms with Crippen molar-refractivity contribution < 1.29 is 9.59 Å². The maximum absolute atomic E-state index is 13.2. The Morgan fingerprint density at radius 2 is 1.94 bits per heavy atom. The summed E-state index contributed by atoms with van der Waals surface area (Å²) in [5.41, 5.74) is 1.60. The van der Waals surface area contributed by atoms with Gasteiger partial charge in [0, 0.05) is 36.9 Å². The Labute approximate surface area is 199 Å². The van der Waals surface area contributed by atoms with Gasteiger partial charge in [-0.15, -0.1) is 11.3 Å². The van der Waals surface area contributed by atoms with Gasteiger partial charge in [0.2, 0.25) is 5.91 Å². The molecule has 11 heteroatoms. The molecule has 168 valence electrons. The number of urea groups is 1. The Morgan fingerprint density at radius 1 is 1.22 bits per heavy atom. The van der Waals surface area contributed by atoms with Crippen molar-refractivity contribution in [2.75, 3.05) is 31.5 Å². The Balaban J connectivity index is 1.38. The Kier molecular flexibility index (Phi) is 6.63. The summed E-state index contributed by atoms with van der Waals surface area (Å²) >= 11 is 13.1. The third-order valence-electron chi connectivity index (χ3n) is 5.49. The van der Waals surface area contributed by atoms with E-state index in [4.69, 9.17) is 23.8 Å². The third kappa shape index (κ3) is 4.57. The number of carbonyl (C=O) groups is 2. The van der Waals surface area contributed by atoms with Crippen LogP contribution in [0, 0.1) is 11.7 Å². The number of benzene rings is 1. The smallest absolute Gasteiger partial charge is 0.321 e. The van der Waals surface area contributed by atoms with Crippen molar-refractivity contribution in [1.29, 1.82) is 0 Å². The summed E-state index contributed by atoms with van der Waals surface area (Å²) in [6.45, 7) is 5.52. The molecule has 1 fully saturated rings. The molecule has 3 aromatic rings. The van der Waals surface area contributed by atoms with Crippen molar-refractivity contribution in [2.45, 2.75) is 19.9 Å². The fourth-order valence-electron chi connectivity index (χ4n) is 3.62. The highest BCUT2D eigenvalue weighted by atomic mass is 35.5. The van der Waals surface area contributed by atoms with Crippen LogP contribution in [-0.4, -0.2) is 62.7 Å². The van der Waals surface area contributed by atoms with Crippen LogP contribution in [0.2, 0.25) is 5.02 Å². The second-order valence-corrected chi connectivity index (χ2v) is 9.32. The SMILES string of the molecule is Cc1ccc(NC(=O)N2CCN(C(=O)C(C)n3c(-c4cccs4)n[nH]c3=S)CC2)cc1Cl. The molecule has 0 bridgehead atoms. The highest BCUT2D eigenvalue weighted by molar-refractivity contribution is 7.71. The number of anilines is 1. The summed E-state index contributed by atoms with van der Waals surface area (Å²) in [5.74, 6) is 0.603. The average molecular weight is 491 g/mol. The first-order valence-electron chi connectivity index (χ1n) is 10.2. The number of hydrogen-bond acceptors (Lipinski definition) is 5. The lowest BCUT2D eigenvalue weighted by molar-refractivity contribution is -0.135. The van der Waals surface area contributed by atoms with E-state index in [2.05, 4.69) is 15.5 Å². The van der Waals surface area contributed by atoms with Crippen molar-refractivity contribution in [2.24, 2.45) is 0 Å². The summed E-state index contributed by atoms with van der Waals surface area (Å²) in [6.07, 6.45) is 0. The zero-order valence-electron chi connectivity index (χ0n) is 17.7.